The number of nitrogens with one attached hydrogen (secondary N) is 1. The smallest absolute Gasteiger partial charge is 0.251 e. The third-order valence-electron chi connectivity index (χ3n) is 3.62. The molecular weight excluding hydrogens is 342 g/mol. The molecule has 130 valence electrons. The van der Waals surface area contributed by atoms with E-state index in [1.807, 2.05) is 23.6 Å². The molecule has 0 aliphatic heterocycles. The van der Waals surface area contributed by atoms with Crippen LogP contribution in [0.3, 0.4) is 0 Å². The summed E-state index contributed by atoms with van der Waals surface area (Å²) >= 11 is 5.96. The molecule has 0 radical (unpaired) electrons. The van der Waals surface area contributed by atoms with Gasteiger partial charge in [-0.25, -0.2) is 4.98 Å². The number of aromatic nitrogens is 2. The quantitative estimate of drug-likeness (QED) is 0.733. The molecule has 25 heavy (non-hydrogen) atoms. The fourth-order valence-electron chi connectivity index (χ4n) is 2.46. The van der Waals surface area contributed by atoms with E-state index in [1.165, 1.54) is 0 Å². The van der Waals surface area contributed by atoms with Crippen molar-refractivity contribution in [3.8, 4) is 11.5 Å². The molecule has 0 aliphatic rings. The number of rotatable bonds is 6. The van der Waals surface area contributed by atoms with Crippen molar-refractivity contribution in [1.82, 2.24) is 14.7 Å². The molecule has 0 unspecified atom stereocenters. The van der Waals surface area contributed by atoms with Crippen LogP contribution in [0.1, 0.15) is 23.0 Å². The zero-order valence-electron chi connectivity index (χ0n) is 14.0. The molecular formula is C18H18ClN3O3. The fourth-order valence-corrected chi connectivity index (χ4v) is 2.63. The van der Waals surface area contributed by atoms with Gasteiger partial charge in [0.1, 0.15) is 5.65 Å². The van der Waals surface area contributed by atoms with Crippen molar-refractivity contribution in [1.29, 1.82) is 0 Å². The van der Waals surface area contributed by atoms with Crippen LogP contribution in [0.5, 0.6) is 11.5 Å². The first-order valence-electron chi connectivity index (χ1n) is 7.83. The summed E-state index contributed by atoms with van der Waals surface area (Å²) in [6.07, 6.45) is 3.61. The van der Waals surface area contributed by atoms with Gasteiger partial charge in [-0.1, -0.05) is 11.6 Å². The molecule has 2 heterocycles. The predicted molar refractivity (Wildman–Crippen MR) is 95.5 cm³/mol. The van der Waals surface area contributed by atoms with Crippen molar-refractivity contribution in [2.24, 2.45) is 0 Å². The molecule has 1 amide bonds. The van der Waals surface area contributed by atoms with E-state index < -0.39 is 0 Å². The Labute approximate surface area is 150 Å². The second-order valence-electron chi connectivity index (χ2n) is 5.33. The number of pyridine rings is 1. The van der Waals surface area contributed by atoms with E-state index in [4.69, 9.17) is 21.1 Å². The van der Waals surface area contributed by atoms with Crippen LogP contribution >= 0.6 is 11.6 Å². The highest BCUT2D eigenvalue weighted by molar-refractivity contribution is 6.30. The zero-order valence-corrected chi connectivity index (χ0v) is 14.7. The first-order chi connectivity index (χ1) is 12.1. The van der Waals surface area contributed by atoms with Crippen LogP contribution in [-0.2, 0) is 6.54 Å². The van der Waals surface area contributed by atoms with E-state index in [0.717, 1.165) is 11.3 Å². The first kappa shape index (κ1) is 17.1. The lowest BCUT2D eigenvalue weighted by Gasteiger charge is -2.11. The van der Waals surface area contributed by atoms with E-state index in [2.05, 4.69) is 10.3 Å². The molecule has 0 aliphatic carbocycles. The van der Waals surface area contributed by atoms with Gasteiger partial charge in [-0.3, -0.25) is 4.79 Å². The summed E-state index contributed by atoms with van der Waals surface area (Å²) in [5.74, 6) is 0.925. The average Bonchev–Trinajstić information content (AvgIpc) is 3.02. The Morgan fingerprint density at radius 2 is 2.08 bits per heavy atom. The Morgan fingerprint density at radius 3 is 2.84 bits per heavy atom. The minimum atomic E-state index is -0.210. The van der Waals surface area contributed by atoms with Crippen molar-refractivity contribution in [3.63, 3.8) is 0 Å². The van der Waals surface area contributed by atoms with Gasteiger partial charge in [0.05, 0.1) is 31.0 Å². The number of amides is 1. The largest absolute Gasteiger partial charge is 0.493 e. The maximum Gasteiger partial charge on any atom is 0.251 e. The number of fused-ring (bicyclic) bond motifs is 1. The molecule has 0 saturated heterocycles. The SMILES string of the molecule is CCOc1cc(C(=O)NCc2cn3cc(Cl)ccc3n2)ccc1OC. The summed E-state index contributed by atoms with van der Waals surface area (Å²) in [7, 11) is 1.56. The van der Waals surface area contributed by atoms with E-state index in [9.17, 15) is 4.79 Å². The lowest BCUT2D eigenvalue weighted by Crippen LogP contribution is -2.23. The Bertz CT molecular complexity index is 908. The number of benzene rings is 1. The fraction of sp³-hybridized carbons (Fsp3) is 0.222. The van der Waals surface area contributed by atoms with Gasteiger partial charge in [0.15, 0.2) is 11.5 Å². The molecule has 1 N–H and O–H groups in total. The van der Waals surface area contributed by atoms with Crippen LogP contribution in [0.2, 0.25) is 5.02 Å². The van der Waals surface area contributed by atoms with Crippen molar-refractivity contribution in [2.75, 3.05) is 13.7 Å². The highest BCUT2D eigenvalue weighted by atomic mass is 35.5. The topological polar surface area (TPSA) is 64.9 Å². The highest BCUT2D eigenvalue weighted by Crippen LogP contribution is 2.28. The molecule has 3 rings (SSSR count). The second-order valence-corrected chi connectivity index (χ2v) is 5.76. The molecule has 3 aromatic rings. The monoisotopic (exact) mass is 359 g/mol. The molecule has 0 spiro atoms. The summed E-state index contributed by atoms with van der Waals surface area (Å²) in [5, 5.41) is 3.48. The van der Waals surface area contributed by atoms with E-state index in [1.54, 1.807) is 37.6 Å². The van der Waals surface area contributed by atoms with Crippen molar-refractivity contribution in [2.45, 2.75) is 13.5 Å². The van der Waals surface area contributed by atoms with Gasteiger partial charge in [0.25, 0.3) is 5.91 Å². The average molecular weight is 360 g/mol. The number of imidazole rings is 1. The van der Waals surface area contributed by atoms with Crippen LogP contribution < -0.4 is 14.8 Å². The number of halogens is 1. The maximum atomic E-state index is 12.4. The van der Waals surface area contributed by atoms with Gasteiger partial charge in [-0.05, 0) is 37.3 Å². The minimum absolute atomic E-state index is 0.210. The van der Waals surface area contributed by atoms with Crippen molar-refractivity contribution >= 4 is 23.2 Å². The molecule has 1 aromatic carbocycles. The molecule has 2 aromatic heterocycles. The maximum absolute atomic E-state index is 12.4. The number of hydrogen-bond donors (Lipinski definition) is 1. The Kier molecular flexibility index (Phi) is 5.09. The lowest BCUT2D eigenvalue weighted by molar-refractivity contribution is 0.0950. The van der Waals surface area contributed by atoms with Crippen molar-refractivity contribution < 1.29 is 14.3 Å². The van der Waals surface area contributed by atoms with E-state index in [-0.39, 0.29) is 5.91 Å². The molecule has 0 fully saturated rings. The lowest BCUT2D eigenvalue weighted by atomic mass is 10.2. The zero-order chi connectivity index (χ0) is 17.8. The molecule has 0 bridgehead atoms. The summed E-state index contributed by atoms with van der Waals surface area (Å²) in [5.41, 5.74) is 2.02. The summed E-state index contributed by atoms with van der Waals surface area (Å²) in [6.45, 7) is 2.68. The van der Waals surface area contributed by atoms with Gasteiger partial charge < -0.3 is 19.2 Å². The summed E-state index contributed by atoms with van der Waals surface area (Å²) < 4.78 is 12.5. The van der Waals surface area contributed by atoms with Crippen LogP contribution in [-0.4, -0.2) is 29.0 Å². The van der Waals surface area contributed by atoms with Crippen LogP contribution in [0.4, 0.5) is 0 Å². The standard InChI is InChI=1S/C18H18ClN3O3/c1-3-25-16-8-12(4-6-15(16)24-2)18(23)20-9-14-11-22-10-13(19)5-7-17(22)21-14/h4-8,10-11H,3,9H2,1-2H3,(H,20,23). The molecule has 0 atom stereocenters. The summed E-state index contributed by atoms with van der Waals surface area (Å²) in [4.78, 5) is 16.8. The number of hydrogen-bond acceptors (Lipinski definition) is 4. The second kappa shape index (κ2) is 7.44. The molecule has 0 saturated carbocycles. The third-order valence-corrected chi connectivity index (χ3v) is 3.84. The summed E-state index contributed by atoms with van der Waals surface area (Å²) in [6, 6.07) is 8.68. The predicted octanol–water partition coefficient (Wildman–Crippen LogP) is 3.33. The van der Waals surface area contributed by atoms with E-state index in [0.29, 0.717) is 35.2 Å². The number of nitrogens with zero attached hydrogens (tertiary/aromatic N) is 2. The van der Waals surface area contributed by atoms with Crippen LogP contribution in [0.15, 0.2) is 42.7 Å². The number of methoxy groups -OCH3 is 1. The van der Waals surface area contributed by atoms with Crippen molar-refractivity contribution in [3.05, 3.63) is 59.0 Å². The Hall–Kier alpha value is -2.73. The Balaban J connectivity index is 1.72. The van der Waals surface area contributed by atoms with Gasteiger partial charge in [0.2, 0.25) is 0 Å². The van der Waals surface area contributed by atoms with Gasteiger partial charge in [0, 0.05) is 18.0 Å². The van der Waals surface area contributed by atoms with Gasteiger partial charge in [-0.15, -0.1) is 0 Å². The van der Waals surface area contributed by atoms with Crippen LogP contribution in [0, 0.1) is 0 Å². The van der Waals surface area contributed by atoms with Gasteiger partial charge in [-0.2, -0.15) is 0 Å². The van der Waals surface area contributed by atoms with Crippen LogP contribution in [0.25, 0.3) is 5.65 Å². The first-order valence-corrected chi connectivity index (χ1v) is 8.20. The third kappa shape index (κ3) is 3.85. The number of carbonyl (C=O) groups excluding carboxylic acids is 1. The minimum Gasteiger partial charge on any atom is -0.493 e. The Morgan fingerprint density at radius 1 is 1.24 bits per heavy atom. The molecule has 6 nitrogen and oxygen atoms in total. The highest BCUT2D eigenvalue weighted by Gasteiger charge is 2.12. The number of ether oxygens (including phenoxy) is 2. The molecule has 7 heteroatoms. The van der Waals surface area contributed by atoms with E-state index >= 15 is 0 Å². The normalized spacial score (nSPS) is 10.7. The number of carbonyl (C=O) groups is 1. The van der Waals surface area contributed by atoms with Gasteiger partial charge >= 0.3 is 0 Å².